The topological polar surface area (TPSA) is 98.8 Å². The second kappa shape index (κ2) is 8.36. The maximum absolute atomic E-state index is 14.7. The van der Waals surface area contributed by atoms with Gasteiger partial charge in [0.15, 0.2) is 0 Å². The van der Waals surface area contributed by atoms with Crippen molar-refractivity contribution in [1.82, 2.24) is 4.98 Å². The number of fused-ring (bicyclic) bond motifs is 1. The zero-order valence-electron chi connectivity index (χ0n) is 17.4. The molecule has 2 aromatic rings. The van der Waals surface area contributed by atoms with Crippen LogP contribution in [-0.2, 0) is 10.3 Å². The standard InChI is InChI=1S/C21H19ClF4N4O3/c1-8-3-11(32-19(25)26)6-28-16(8)18(31)29-10-4-12(15(22)13(24)5-10)21(7-23)14-9(2)17(14)33-20(27)30-21/h3-6,9,14,17,19H,7H2,1-2H3,(H2,27,30)(H,29,31)/t9-,14?,17-,21-/m0/s1. The van der Waals surface area contributed by atoms with E-state index in [0.717, 1.165) is 12.3 Å². The predicted molar refractivity (Wildman–Crippen MR) is 112 cm³/mol. The number of rotatable bonds is 6. The van der Waals surface area contributed by atoms with Crippen molar-refractivity contribution >= 4 is 29.2 Å². The molecule has 3 N–H and O–H groups in total. The number of carbonyl (C=O) groups is 1. The summed E-state index contributed by atoms with van der Waals surface area (Å²) in [6, 6.07) is 3.29. The van der Waals surface area contributed by atoms with E-state index in [9.17, 15) is 22.4 Å². The van der Waals surface area contributed by atoms with E-state index in [1.165, 1.54) is 19.1 Å². The average molecular weight is 487 g/mol. The number of hydrogen-bond acceptors (Lipinski definition) is 6. The minimum Gasteiger partial charge on any atom is -0.461 e. The number of amidine groups is 1. The van der Waals surface area contributed by atoms with Crippen molar-refractivity contribution in [1.29, 1.82) is 0 Å². The Morgan fingerprint density at radius 2 is 2.12 bits per heavy atom. The quantitative estimate of drug-likeness (QED) is 0.597. The normalized spacial score (nSPS) is 25.7. The van der Waals surface area contributed by atoms with Gasteiger partial charge in [-0.05, 0) is 30.7 Å². The summed E-state index contributed by atoms with van der Waals surface area (Å²) in [5.41, 5.74) is 4.32. The Labute approximate surface area is 190 Å². The van der Waals surface area contributed by atoms with Gasteiger partial charge in [0.2, 0.25) is 0 Å². The summed E-state index contributed by atoms with van der Waals surface area (Å²) >= 11 is 6.19. The van der Waals surface area contributed by atoms with Crippen LogP contribution < -0.4 is 15.8 Å². The minimum atomic E-state index is -3.04. The Kier molecular flexibility index (Phi) is 5.85. The number of nitrogens with zero attached hydrogens (tertiary/aromatic N) is 2. The van der Waals surface area contributed by atoms with Gasteiger partial charge in [-0.15, -0.1) is 0 Å². The summed E-state index contributed by atoms with van der Waals surface area (Å²) < 4.78 is 63.6. The maximum Gasteiger partial charge on any atom is 0.387 e. The van der Waals surface area contributed by atoms with Gasteiger partial charge in [0.05, 0.1) is 11.2 Å². The number of aromatic nitrogens is 1. The van der Waals surface area contributed by atoms with E-state index in [1.807, 2.05) is 6.92 Å². The van der Waals surface area contributed by atoms with Crippen molar-refractivity contribution in [3.05, 3.63) is 52.1 Å². The molecule has 4 atom stereocenters. The second-order valence-corrected chi connectivity index (χ2v) is 8.34. The van der Waals surface area contributed by atoms with Crippen LogP contribution in [0.4, 0.5) is 23.2 Å². The highest BCUT2D eigenvalue weighted by molar-refractivity contribution is 6.31. The van der Waals surface area contributed by atoms with Crippen LogP contribution in [0.2, 0.25) is 5.02 Å². The molecule has 1 amide bonds. The molecule has 7 nitrogen and oxygen atoms in total. The van der Waals surface area contributed by atoms with Crippen molar-refractivity contribution in [3.8, 4) is 5.75 Å². The monoisotopic (exact) mass is 486 g/mol. The molecule has 33 heavy (non-hydrogen) atoms. The first-order valence-electron chi connectivity index (χ1n) is 9.87. The number of hydrogen-bond donors (Lipinski definition) is 2. The molecular formula is C21H19ClF4N4O3. The van der Waals surface area contributed by atoms with Crippen LogP contribution in [0.25, 0.3) is 0 Å². The first kappa shape index (κ1) is 23.1. The number of benzene rings is 1. The number of carbonyl (C=O) groups excluding carboxylic acids is 1. The highest BCUT2D eigenvalue weighted by Gasteiger charge is 2.65. The Hall–Kier alpha value is -3.08. The number of anilines is 1. The molecule has 1 aromatic carbocycles. The fourth-order valence-electron chi connectivity index (χ4n) is 4.30. The highest BCUT2D eigenvalue weighted by atomic mass is 35.5. The molecule has 0 spiro atoms. The lowest BCUT2D eigenvalue weighted by Gasteiger charge is -2.32. The van der Waals surface area contributed by atoms with Crippen molar-refractivity contribution in [2.45, 2.75) is 32.1 Å². The molecule has 2 aliphatic rings. The third kappa shape index (κ3) is 4.05. The average Bonchev–Trinajstić information content (AvgIpc) is 3.39. The van der Waals surface area contributed by atoms with Crippen LogP contribution in [0.15, 0.2) is 29.4 Å². The van der Waals surface area contributed by atoms with E-state index >= 15 is 0 Å². The number of nitrogens with two attached hydrogens (primary N) is 1. The molecule has 1 fully saturated rings. The minimum absolute atomic E-state index is 0.0241. The van der Waals surface area contributed by atoms with E-state index < -0.39 is 36.5 Å². The summed E-state index contributed by atoms with van der Waals surface area (Å²) in [6.07, 6.45) is 0.588. The summed E-state index contributed by atoms with van der Waals surface area (Å²) in [4.78, 5) is 20.7. The molecule has 1 unspecified atom stereocenters. The molecule has 0 saturated heterocycles. The number of ether oxygens (including phenoxy) is 2. The second-order valence-electron chi connectivity index (χ2n) is 7.96. The summed E-state index contributed by atoms with van der Waals surface area (Å²) in [5.74, 6) is -2.36. The Balaban J connectivity index is 1.67. The maximum atomic E-state index is 14.7. The van der Waals surface area contributed by atoms with E-state index in [-0.39, 0.29) is 51.3 Å². The summed E-state index contributed by atoms with van der Waals surface area (Å²) in [5, 5.41) is 2.13. The summed E-state index contributed by atoms with van der Waals surface area (Å²) in [6.45, 7) is -0.745. The third-order valence-electron chi connectivity index (χ3n) is 5.87. The van der Waals surface area contributed by atoms with Crippen LogP contribution >= 0.6 is 11.6 Å². The van der Waals surface area contributed by atoms with Crippen molar-refractivity contribution in [2.24, 2.45) is 22.6 Å². The van der Waals surface area contributed by atoms with Crippen molar-refractivity contribution < 1.29 is 31.8 Å². The van der Waals surface area contributed by atoms with Gasteiger partial charge in [-0.1, -0.05) is 18.5 Å². The molecule has 1 saturated carbocycles. The molecule has 4 rings (SSSR count). The summed E-state index contributed by atoms with van der Waals surface area (Å²) in [7, 11) is 0. The van der Waals surface area contributed by atoms with Crippen LogP contribution in [0.1, 0.15) is 28.5 Å². The largest absolute Gasteiger partial charge is 0.461 e. The van der Waals surface area contributed by atoms with E-state index in [2.05, 4.69) is 20.0 Å². The highest BCUT2D eigenvalue weighted by Crippen LogP contribution is 2.58. The van der Waals surface area contributed by atoms with Crippen LogP contribution in [0.3, 0.4) is 0 Å². The smallest absolute Gasteiger partial charge is 0.387 e. The van der Waals surface area contributed by atoms with E-state index in [1.54, 1.807) is 0 Å². The first-order chi connectivity index (χ1) is 15.6. The molecule has 0 bridgehead atoms. The Bertz CT molecular complexity index is 1150. The molecule has 1 aromatic heterocycles. The van der Waals surface area contributed by atoms with Gasteiger partial charge in [-0.3, -0.25) is 4.79 Å². The molecule has 0 radical (unpaired) electrons. The number of nitrogens with one attached hydrogen (secondary N) is 1. The van der Waals surface area contributed by atoms with Crippen LogP contribution in [0, 0.1) is 24.6 Å². The fraction of sp³-hybridized carbons (Fsp3) is 0.381. The molecule has 2 heterocycles. The van der Waals surface area contributed by atoms with Gasteiger partial charge in [0, 0.05) is 23.1 Å². The number of amides is 1. The Morgan fingerprint density at radius 1 is 1.39 bits per heavy atom. The zero-order chi connectivity index (χ0) is 24.1. The van der Waals surface area contributed by atoms with Crippen molar-refractivity contribution in [2.75, 3.05) is 12.0 Å². The number of aliphatic imine (C=N–C) groups is 1. The fourth-order valence-corrected chi connectivity index (χ4v) is 4.57. The third-order valence-corrected chi connectivity index (χ3v) is 6.25. The zero-order valence-corrected chi connectivity index (χ0v) is 18.2. The lowest BCUT2D eigenvalue weighted by molar-refractivity contribution is -0.0501. The van der Waals surface area contributed by atoms with Crippen LogP contribution in [-0.4, -0.2) is 36.3 Å². The van der Waals surface area contributed by atoms with Gasteiger partial charge in [-0.2, -0.15) is 8.78 Å². The molecule has 176 valence electrons. The van der Waals surface area contributed by atoms with E-state index in [0.29, 0.717) is 0 Å². The molecule has 1 aliphatic heterocycles. The molecular weight excluding hydrogens is 468 g/mol. The Morgan fingerprint density at radius 3 is 2.76 bits per heavy atom. The van der Waals surface area contributed by atoms with Crippen molar-refractivity contribution in [3.63, 3.8) is 0 Å². The lowest BCUT2D eigenvalue weighted by Crippen LogP contribution is -2.39. The predicted octanol–water partition coefficient (Wildman–Crippen LogP) is 4.18. The lowest BCUT2D eigenvalue weighted by atomic mass is 9.84. The number of alkyl halides is 3. The van der Waals surface area contributed by atoms with Crippen LogP contribution in [0.5, 0.6) is 5.75 Å². The molecule has 12 heteroatoms. The number of halogens is 5. The van der Waals surface area contributed by atoms with Gasteiger partial charge in [-0.25, -0.2) is 18.8 Å². The SMILES string of the molecule is Cc1cc(OC(F)F)cnc1C(=O)Nc1cc(F)c(Cl)c([C@]2(CF)N=C(N)O[C@@H]3C2[C@@H]3C)c1. The number of pyridine rings is 1. The van der Waals surface area contributed by atoms with Gasteiger partial charge in [0.1, 0.15) is 35.6 Å². The van der Waals surface area contributed by atoms with E-state index in [4.69, 9.17) is 22.1 Å². The van der Waals surface area contributed by atoms with Gasteiger partial charge >= 0.3 is 6.61 Å². The molecule has 1 aliphatic carbocycles. The first-order valence-corrected chi connectivity index (χ1v) is 10.3. The number of aryl methyl sites for hydroxylation is 1. The van der Waals surface area contributed by atoms with Gasteiger partial charge in [0.25, 0.3) is 11.9 Å². The van der Waals surface area contributed by atoms with Gasteiger partial charge < -0.3 is 20.5 Å².